The number of hydrogen-bond acceptors (Lipinski definition) is 2. The summed E-state index contributed by atoms with van der Waals surface area (Å²) >= 11 is 5.15. The molecule has 0 heterocycles. The van der Waals surface area contributed by atoms with Gasteiger partial charge in [-0.3, -0.25) is 0 Å². The quantitative estimate of drug-likeness (QED) is 0.817. The maximum atomic E-state index is 13.1. The molecule has 0 aromatic heterocycles. The van der Waals surface area contributed by atoms with E-state index in [1.54, 1.807) is 17.8 Å². The van der Waals surface area contributed by atoms with Gasteiger partial charge in [0.1, 0.15) is 5.82 Å². The van der Waals surface area contributed by atoms with Crippen LogP contribution in [0.1, 0.15) is 17.2 Å². The lowest BCUT2D eigenvalue weighted by molar-refractivity contribution is 0.624. The van der Waals surface area contributed by atoms with Crippen LogP contribution < -0.4 is 5.73 Å². The molecule has 0 aliphatic carbocycles. The molecule has 0 saturated carbocycles. The van der Waals surface area contributed by atoms with Gasteiger partial charge < -0.3 is 5.73 Å². The van der Waals surface area contributed by atoms with Gasteiger partial charge in [0.2, 0.25) is 0 Å². The first-order valence-corrected chi connectivity index (χ1v) is 7.74. The van der Waals surface area contributed by atoms with E-state index in [0.29, 0.717) is 0 Å². The summed E-state index contributed by atoms with van der Waals surface area (Å²) in [7, 11) is 0. The van der Waals surface area contributed by atoms with E-state index in [1.807, 2.05) is 19.1 Å². The minimum atomic E-state index is -0.215. The van der Waals surface area contributed by atoms with Crippen molar-refractivity contribution in [2.24, 2.45) is 5.73 Å². The molecule has 100 valence electrons. The second kappa shape index (κ2) is 6.55. The lowest BCUT2D eigenvalue weighted by atomic mass is 10.0. The molecule has 1 nitrogen and oxygen atoms in total. The predicted molar refractivity (Wildman–Crippen MR) is 82.9 cm³/mol. The highest BCUT2D eigenvalue weighted by molar-refractivity contribution is 9.10. The Morgan fingerprint density at radius 1 is 1.26 bits per heavy atom. The Bertz CT molecular complexity index is 574. The summed E-state index contributed by atoms with van der Waals surface area (Å²) in [6.07, 6.45) is 0. The Labute approximate surface area is 125 Å². The molecular formula is C15H15BrFNS. The van der Waals surface area contributed by atoms with E-state index in [4.69, 9.17) is 5.73 Å². The summed E-state index contributed by atoms with van der Waals surface area (Å²) in [5.74, 6) is 0.552. The third-order valence-electron chi connectivity index (χ3n) is 2.86. The first kappa shape index (κ1) is 14.6. The van der Waals surface area contributed by atoms with Crippen LogP contribution in [0.5, 0.6) is 0 Å². The van der Waals surface area contributed by atoms with Gasteiger partial charge in [-0.25, -0.2) is 4.39 Å². The van der Waals surface area contributed by atoms with Gasteiger partial charge in [-0.2, -0.15) is 0 Å². The molecule has 0 radical (unpaired) electrons. The summed E-state index contributed by atoms with van der Waals surface area (Å²) in [6, 6.07) is 12.8. The summed E-state index contributed by atoms with van der Waals surface area (Å²) in [4.78, 5) is 1.17. The van der Waals surface area contributed by atoms with Crippen LogP contribution in [-0.4, -0.2) is 5.75 Å². The fourth-order valence-electron chi connectivity index (χ4n) is 1.89. The van der Waals surface area contributed by atoms with Crippen LogP contribution >= 0.6 is 27.7 Å². The lowest BCUT2D eigenvalue weighted by Crippen LogP contribution is -2.14. The van der Waals surface area contributed by atoms with Crippen molar-refractivity contribution in [3.05, 3.63) is 63.9 Å². The molecule has 2 N–H and O–H groups in total. The van der Waals surface area contributed by atoms with Gasteiger partial charge in [-0.15, -0.1) is 11.8 Å². The highest BCUT2D eigenvalue weighted by Crippen LogP contribution is 2.27. The smallest absolute Gasteiger partial charge is 0.123 e. The van der Waals surface area contributed by atoms with Crippen LogP contribution in [0.2, 0.25) is 0 Å². The Balaban J connectivity index is 2.03. The number of thioether (sulfide) groups is 1. The molecule has 0 aliphatic rings. The maximum Gasteiger partial charge on any atom is 0.123 e. The van der Waals surface area contributed by atoms with E-state index in [2.05, 4.69) is 28.1 Å². The van der Waals surface area contributed by atoms with E-state index in [1.165, 1.54) is 17.0 Å². The van der Waals surface area contributed by atoms with E-state index in [-0.39, 0.29) is 11.9 Å². The molecule has 0 amide bonds. The Morgan fingerprint density at radius 2 is 2.05 bits per heavy atom. The molecule has 0 fully saturated rings. The van der Waals surface area contributed by atoms with Crippen molar-refractivity contribution in [2.75, 3.05) is 5.75 Å². The number of benzene rings is 2. The number of halogens is 2. The standard InChI is InChI=1S/C15H15BrFNS/c1-10-7-12(17)5-6-14(10)15(18)9-19-13-4-2-3-11(16)8-13/h2-8,15H,9,18H2,1H3. The van der Waals surface area contributed by atoms with E-state index in [0.717, 1.165) is 21.4 Å². The third kappa shape index (κ3) is 4.06. The summed E-state index contributed by atoms with van der Waals surface area (Å²) in [5.41, 5.74) is 8.09. The normalized spacial score (nSPS) is 12.4. The fraction of sp³-hybridized carbons (Fsp3) is 0.200. The van der Waals surface area contributed by atoms with Crippen molar-refractivity contribution < 1.29 is 4.39 Å². The molecule has 1 unspecified atom stereocenters. The molecule has 19 heavy (non-hydrogen) atoms. The monoisotopic (exact) mass is 339 g/mol. The Hall–Kier alpha value is -0.840. The second-order valence-electron chi connectivity index (χ2n) is 4.38. The molecule has 1 atom stereocenters. The highest BCUT2D eigenvalue weighted by atomic mass is 79.9. The van der Waals surface area contributed by atoms with Gasteiger partial charge in [-0.05, 0) is 48.4 Å². The van der Waals surface area contributed by atoms with Gasteiger partial charge in [0.05, 0.1) is 0 Å². The highest BCUT2D eigenvalue weighted by Gasteiger charge is 2.10. The van der Waals surface area contributed by atoms with Crippen LogP contribution in [-0.2, 0) is 0 Å². The van der Waals surface area contributed by atoms with Gasteiger partial charge in [0, 0.05) is 21.2 Å². The summed E-state index contributed by atoms with van der Waals surface area (Å²) in [6.45, 7) is 1.89. The predicted octanol–water partition coefficient (Wildman–Crippen LogP) is 4.69. The molecule has 2 aromatic rings. The summed E-state index contributed by atoms with van der Waals surface area (Å²) in [5, 5.41) is 0. The topological polar surface area (TPSA) is 26.0 Å². The zero-order chi connectivity index (χ0) is 13.8. The zero-order valence-corrected chi connectivity index (χ0v) is 13.0. The molecule has 0 aliphatic heterocycles. The minimum Gasteiger partial charge on any atom is -0.323 e. The van der Waals surface area contributed by atoms with Crippen LogP contribution in [0.15, 0.2) is 51.8 Å². The average Bonchev–Trinajstić information content (AvgIpc) is 2.36. The SMILES string of the molecule is Cc1cc(F)ccc1C(N)CSc1cccc(Br)c1. The fourth-order valence-corrected chi connectivity index (χ4v) is 3.38. The van der Waals surface area contributed by atoms with Crippen molar-refractivity contribution in [3.8, 4) is 0 Å². The molecular weight excluding hydrogens is 325 g/mol. The first-order chi connectivity index (χ1) is 9.06. The average molecular weight is 340 g/mol. The number of rotatable bonds is 4. The molecule has 0 bridgehead atoms. The number of aryl methyl sites for hydroxylation is 1. The third-order valence-corrected chi connectivity index (χ3v) is 4.46. The van der Waals surface area contributed by atoms with E-state index >= 15 is 0 Å². The lowest BCUT2D eigenvalue weighted by Gasteiger charge is -2.14. The van der Waals surface area contributed by atoms with Gasteiger partial charge >= 0.3 is 0 Å². The van der Waals surface area contributed by atoms with Crippen molar-refractivity contribution in [2.45, 2.75) is 17.9 Å². The zero-order valence-electron chi connectivity index (χ0n) is 10.6. The van der Waals surface area contributed by atoms with Crippen molar-refractivity contribution in [3.63, 3.8) is 0 Å². The molecule has 0 saturated heterocycles. The molecule has 2 rings (SSSR count). The van der Waals surface area contributed by atoms with E-state index < -0.39 is 0 Å². The van der Waals surface area contributed by atoms with Crippen molar-refractivity contribution in [1.29, 1.82) is 0 Å². The first-order valence-electron chi connectivity index (χ1n) is 5.96. The van der Waals surface area contributed by atoms with Crippen LogP contribution in [0.4, 0.5) is 4.39 Å². The number of nitrogens with two attached hydrogens (primary N) is 1. The molecule has 0 spiro atoms. The van der Waals surface area contributed by atoms with Gasteiger partial charge in [0.25, 0.3) is 0 Å². The molecule has 2 aromatic carbocycles. The maximum absolute atomic E-state index is 13.1. The van der Waals surface area contributed by atoms with Crippen LogP contribution in [0.3, 0.4) is 0 Å². The van der Waals surface area contributed by atoms with Crippen LogP contribution in [0.25, 0.3) is 0 Å². The van der Waals surface area contributed by atoms with Crippen molar-refractivity contribution >= 4 is 27.7 Å². The van der Waals surface area contributed by atoms with Gasteiger partial charge in [0.15, 0.2) is 0 Å². The largest absolute Gasteiger partial charge is 0.323 e. The summed E-state index contributed by atoms with van der Waals surface area (Å²) < 4.78 is 14.1. The molecule has 4 heteroatoms. The van der Waals surface area contributed by atoms with E-state index in [9.17, 15) is 4.39 Å². The minimum absolute atomic E-state index is 0.0930. The van der Waals surface area contributed by atoms with Crippen LogP contribution in [0, 0.1) is 12.7 Å². The Morgan fingerprint density at radius 3 is 2.74 bits per heavy atom. The Kier molecular flexibility index (Phi) is 5.02. The number of hydrogen-bond donors (Lipinski definition) is 1. The second-order valence-corrected chi connectivity index (χ2v) is 6.38. The van der Waals surface area contributed by atoms with Gasteiger partial charge in [-0.1, -0.05) is 28.1 Å². The van der Waals surface area contributed by atoms with Crippen molar-refractivity contribution in [1.82, 2.24) is 0 Å².